The number of hydrogen-bond donors (Lipinski definition) is 3. The lowest BCUT2D eigenvalue weighted by Gasteiger charge is -2.23. The highest BCUT2D eigenvalue weighted by Crippen LogP contribution is 2.24. The number of rotatable bonds is 6. The van der Waals surface area contributed by atoms with Crippen molar-refractivity contribution in [1.29, 1.82) is 0 Å². The number of benzene rings is 1. The largest absolute Gasteiger partial charge is 0.481 e. The van der Waals surface area contributed by atoms with E-state index in [-0.39, 0.29) is 11.1 Å². The molecule has 2 atom stereocenters. The van der Waals surface area contributed by atoms with Gasteiger partial charge in [-0.15, -0.1) is 0 Å². The molecule has 0 radical (unpaired) electrons. The predicted octanol–water partition coefficient (Wildman–Crippen LogP) is -0.285. The standard InChI is InChI=1S/C15H14N2O7/c1-7(12(20)16-10(15(23)24)6-11(18)19)17-13(21)8-4-2-3-5-9(8)14(17)22/h2-5,7,10H,6H2,1H3,(H,16,20)(H,18,19)(H,23,24). The topological polar surface area (TPSA) is 141 Å². The van der Waals surface area contributed by atoms with Gasteiger partial charge in [0.15, 0.2) is 0 Å². The van der Waals surface area contributed by atoms with E-state index in [4.69, 9.17) is 10.2 Å². The zero-order valence-electron chi connectivity index (χ0n) is 12.6. The summed E-state index contributed by atoms with van der Waals surface area (Å²) in [5, 5.41) is 19.6. The number of amides is 3. The molecule has 9 heteroatoms. The zero-order valence-corrected chi connectivity index (χ0v) is 12.6. The predicted molar refractivity (Wildman–Crippen MR) is 78.2 cm³/mol. The molecular formula is C15H14N2O7. The van der Waals surface area contributed by atoms with Gasteiger partial charge in [0.05, 0.1) is 17.5 Å². The third kappa shape index (κ3) is 3.09. The minimum atomic E-state index is -1.66. The average molecular weight is 334 g/mol. The molecule has 1 aliphatic heterocycles. The van der Waals surface area contributed by atoms with Crippen LogP contribution in [0.2, 0.25) is 0 Å². The number of nitrogens with one attached hydrogen (secondary N) is 1. The first-order chi connectivity index (χ1) is 11.2. The van der Waals surface area contributed by atoms with Crippen molar-refractivity contribution < 1.29 is 34.2 Å². The fraction of sp³-hybridized carbons (Fsp3) is 0.267. The monoisotopic (exact) mass is 334 g/mol. The first-order valence-electron chi connectivity index (χ1n) is 6.96. The van der Waals surface area contributed by atoms with Crippen LogP contribution in [-0.4, -0.2) is 56.9 Å². The summed E-state index contributed by atoms with van der Waals surface area (Å²) in [6, 6.07) is 3.10. The van der Waals surface area contributed by atoms with Crippen molar-refractivity contribution in [2.24, 2.45) is 0 Å². The molecule has 0 saturated carbocycles. The number of carboxylic acids is 2. The summed E-state index contributed by atoms with van der Waals surface area (Å²) in [6.45, 7) is 1.26. The van der Waals surface area contributed by atoms with Crippen LogP contribution >= 0.6 is 0 Å². The van der Waals surface area contributed by atoms with Crippen molar-refractivity contribution in [3.63, 3.8) is 0 Å². The van der Waals surface area contributed by atoms with Gasteiger partial charge < -0.3 is 15.5 Å². The first-order valence-corrected chi connectivity index (χ1v) is 6.96. The van der Waals surface area contributed by atoms with Gasteiger partial charge in [0.2, 0.25) is 5.91 Å². The summed E-state index contributed by atoms with van der Waals surface area (Å²) in [5.41, 5.74) is 0.310. The van der Waals surface area contributed by atoms with Crippen LogP contribution in [0.3, 0.4) is 0 Å². The van der Waals surface area contributed by atoms with E-state index in [2.05, 4.69) is 0 Å². The number of carbonyl (C=O) groups is 5. The van der Waals surface area contributed by atoms with E-state index < -0.39 is 48.2 Å². The minimum absolute atomic E-state index is 0.155. The third-order valence-corrected chi connectivity index (χ3v) is 3.59. The van der Waals surface area contributed by atoms with Crippen molar-refractivity contribution in [3.05, 3.63) is 35.4 Å². The van der Waals surface area contributed by atoms with E-state index in [9.17, 15) is 24.0 Å². The molecule has 24 heavy (non-hydrogen) atoms. The smallest absolute Gasteiger partial charge is 0.326 e. The second-order valence-corrected chi connectivity index (χ2v) is 5.20. The maximum absolute atomic E-state index is 12.3. The van der Waals surface area contributed by atoms with Gasteiger partial charge in [-0.25, -0.2) is 4.79 Å². The Morgan fingerprint density at radius 3 is 2.00 bits per heavy atom. The molecule has 3 amide bonds. The number of aliphatic carboxylic acids is 2. The molecule has 0 aromatic heterocycles. The summed E-state index contributed by atoms with van der Waals surface area (Å²) in [5.74, 6) is -5.19. The molecule has 0 saturated heterocycles. The van der Waals surface area contributed by atoms with Crippen molar-refractivity contribution in [2.75, 3.05) is 0 Å². The Labute approximate surface area is 135 Å². The molecule has 126 valence electrons. The maximum Gasteiger partial charge on any atom is 0.326 e. The zero-order chi connectivity index (χ0) is 18.0. The van der Waals surface area contributed by atoms with Crippen LogP contribution in [0.4, 0.5) is 0 Å². The van der Waals surface area contributed by atoms with Crippen molar-refractivity contribution in [3.8, 4) is 0 Å². The Morgan fingerprint density at radius 2 is 1.58 bits per heavy atom. The Kier molecular flexibility index (Phi) is 4.63. The highest BCUT2D eigenvalue weighted by molar-refractivity contribution is 6.22. The second-order valence-electron chi connectivity index (χ2n) is 5.20. The van der Waals surface area contributed by atoms with Gasteiger partial charge in [-0.2, -0.15) is 0 Å². The normalized spacial score (nSPS) is 15.6. The first kappa shape index (κ1) is 17.1. The average Bonchev–Trinajstić information content (AvgIpc) is 2.77. The van der Waals surface area contributed by atoms with E-state index in [1.807, 2.05) is 5.32 Å². The summed E-state index contributed by atoms with van der Waals surface area (Å²) in [6.07, 6.45) is -0.824. The lowest BCUT2D eigenvalue weighted by molar-refractivity contribution is -0.147. The summed E-state index contributed by atoms with van der Waals surface area (Å²) >= 11 is 0. The van der Waals surface area contributed by atoms with E-state index in [1.54, 1.807) is 12.1 Å². The van der Waals surface area contributed by atoms with Crippen LogP contribution in [0.1, 0.15) is 34.1 Å². The number of nitrogens with zero attached hydrogens (tertiary/aromatic N) is 1. The quantitative estimate of drug-likeness (QED) is 0.607. The number of carbonyl (C=O) groups excluding carboxylic acids is 3. The van der Waals surface area contributed by atoms with E-state index in [0.29, 0.717) is 0 Å². The molecule has 3 N–H and O–H groups in total. The summed E-state index contributed by atoms with van der Waals surface area (Å²) < 4.78 is 0. The molecule has 1 aromatic carbocycles. The second kappa shape index (κ2) is 6.49. The molecule has 2 rings (SSSR count). The lowest BCUT2D eigenvalue weighted by atomic mass is 10.1. The Hall–Kier alpha value is -3.23. The van der Waals surface area contributed by atoms with Gasteiger partial charge >= 0.3 is 11.9 Å². The van der Waals surface area contributed by atoms with Gasteiger partial charge in [0, 0.05) is 0 Å². The lowest BCUT2D eigenvalue weighted by Crippen LogP contribution is -2.52. The van der Waals surface area contributed by atoms with Gasteiger partial charge in [-0.05, 0) is 19.1 Å². The SMILES string of the molecule is CC(C(=O)NC(CC(=O)O)C(=O)O)N1C(=O)c2ccccc2C1=O. The highest BCUT2D eigenvalue weighted by Gasteiger charge is 2.41. The number of fused-ring (bicyclic) bond motifs is 1. The van der Waals surface area contributed by atoms with E-state index in [0.717, 1.165) is 4.90 Å². The van der Waals surface area contributed by atoms with Crippen LogP contribution in [0.5, 0.6) is 0 Å². The highest BCUT2D eigenvalue weighted by atomic mass is 16.4. The van der Waals surface area contributed by atoms with Gasteiger partial charge in [0.25, 0.3) is 11.8 Å². The molecule has 0 spiro atoms. The molecule has 9 nitrogen and oxygen atoms in total. The Morgan fingerprint density at radius 1 is 1.08 bits per heavy atom. The maximum atomic E-state index is 12.3. The Bertz CT molecular complexity index is 708. The molecule has 1 heterocycles. The third-order valence-electron chi connectivity index (χ3n) is 3.59. The van der Waals surface area contributed by atoms with Crippen molar-refractivity contribution >= 4 is 29.7 Å². The van der Waals surface area contributed by atoms with Crippen LogP contribution in [0.15, 0.2) is 24.3 Å². The molecule has 2 unspecified atom stereocenters. The van der Waals surface area contributed by atoms with Crippen LogP contribution in [-0.2, 0) is 14.4 Å². The molecule has 0 fully saturated rings. The van der Waals surface area contributed by atoms with Gasteiger partial charge in [-0.1, -0.05) is 12.1 Å². The van der Waals surface area contributed by atoms with Crippen LogP contribution < -0.4 is 5.32 Å². The van der Waals surface area contributed by atoms with Crippen molar-refractivity contribution in [1.82, 2.24) is 10.2 Å². The van der Waals surface area contributed by atoms with Crippen LogP contribution in [0, 0.1) is 0 Å². The fourth-order valence-electron chi connectivity index (χ4n) is 2.34. The van der Waals surface area contributed by atoms with Crippen molar-refractivity contribution in [2.45, 2.75) is 25.4 Å². The molecule has 0 aliphatic carbocycles. The number of carboxylic acid groups (broad SMARTS) is 2. The summed E-state index contributed by atoms with van der Waals surface area (Å²) in [4.78, 5) is 59.0. The molecule has 1 aliphatic rings. The fourth-order valence-corrected chi connectivity index (χ4v) is 2.34. The summed E-state index contributed by atoms with van der Waals surface area (Å²) in [7, 11) is 0. The number of imide groups is 1. The molecule has 0 bridgehead atoms. The van der Waals surface area contributed by atoms with Gasteiger partial charge in [0.1, 0.15) is 12.1 Å². The molecular weight excluding hydrogens is 320 g/mol. The van der Waals surface area contributed by atoms with E-state index >= 15 is 0 Å². The molecule has 1 aromatic rings. The van der Waals surface area contributed by atoms with E-state index in [1.165, 1.54) is 19.1 Å². The number of hydrogen-bond acceptors (Lipinski definition) is 5. The van der Waals surface area contributed by atoms with Crippen LogP contribution in [0.25, 0.3) is 0 Å². The van der Waals surface area contributed by atoms with Gasteiger partial charge in [-0.3, -0.25) is 24.1 Å². The minimum Gasteiger partial charge on any atom is -0.481 e. The Balaban J connectivity index is 2.17.